The average Bonchev–Trinajstić information content (AvgIpc) is 2.65. The first-order valence-electron chi connectivity index (χ1n) is 9.74. The lowest BCUT2D eigenvalue weighted by Gasteiger charge is -1.99. The first kappa shape index (κ1) is 26.5. The van der Waals surface area contributed by atoms with Crippen molar-refractivity contribution in [3.63, 3.8) is 0 Å². The van der Waals surface area contributed by atoms with E-state index in [1.807, 2.05) is 0 Å². The summed E-state index contributed by atoms with van der Waals surface area (Å²) >= 11 is 0. The highest BCUT2D eigenvalue weighted by Crippen LogP contribution is 2.08. The van der Waals surface area contributed by atoms with Gasteiger partial charge in [-0.1, -0.05) is 63.3 Å². The molecule has 5 heteroatoms. The van der Waals surface area contributed by atoms with Crippen LogP contribution in [0.15, 0.2) is 24.3 Å². The normalized spacial score (nSPS) is 10.5. The molecule has 0 fully saturated rings. The summed E-state index contributed by atoms with van der Waals surface area (Å²) in [6.07, 6.45) is 23.3. The summed E-state index contributed by atoms with van der Waals surface area (Å²) in [5, 5.41) is 8.09. The smallest absolute Gasteiger partial charge is 0.303 e. The Labute approximate surface area is 158 Å². The Balaban J connectivity index is 0. The van der Waals surface area contributed by atoms with Crippen LogP contribution >= 0.6 is 0 Å². The second-order valence-corrected chi connectivity index (χ2v) is 6.01. The molecule has 1 N–H and O–H groups in total. The molecule has 0 heterocycles. The van der Waals surface area contributed by atoms with Crippen LogP contribution in [0.25, 0.3) is 0 Å². The maximum absolute atomic E-state index is 10.7. The van der Waals surface area contributed by atoms with E-state index in [9.17, 15) is 14.4 Å². The number of hydrogen-bond donors (Lipinski definition) is 1. The molecule has 0 radical (unpaired) electrons. The Bertz CT molecular complexity index is 369. The molecule has 0 aromatic heterocycles. The van der Waals surface area contributed by atoms with E-state index in [1.54, 1.807) is 0 Å². The lowest BCUT2D eigenvalue weighted by atomic mass is 10.1. The predicted octanol–water partition coefficient (Wildman–Crippen LogP) is 5.59. The molecular weight excluding hydrogens is 332 g/mol. The fraction of sp³-hybridized carbons (Fsp3) is 0.667. The highest BCUT2D eigenvalue weighted by Gasteiger charge is 2.00. The van der Waals surface area contributed by atoms with Gasteiger partial charge in [-0.15, -0.1) is 0 Å². The van der Waals surface area contributed by atoms with Crippen molar-refractivity contribution in [3.05, 3.63) is 24.3 Å². The van der Waals surface area contributed by atoms with Crippen molar-refractivity contribution in [3.8, 4) is 0 Å². The molecule has 26 heavy (non-hydrogen) atoms. The van der Waals surface area contributed by atoms with Crippen molar-refractivity contribution in [2.24, 2.45) is 0 Å². The van der Waals surface area contributed by atoms with Crippen molar-refractivity contribution in [2.75, 3.05) is 0 Å². The van der Waals surface area contributed by atoms with E-state index >= 15 is 0 Å². The van der Waals surface area contributed by atoms with Crippen molar-refractivity contribution >= 4 is 18.5 Å². The highest BCUT2D eigenvalue weighted by molar-refractivity contribution is 5.72. The largest absolute Gasteiger partial charge is 0.342 e. The van der Waals surface area contributed by atoms with Gasteiger partial charge >= 0.3 is 5.97 Å². The van der Waals surface area contributed by atoms with E-state index in [4.69, 9.17) is 5.26 Å². The molecule has 0 bridgehead atoms. The maximum atomic E-state index is 10.7. The molecule has 0 amide bonds. The van der Waals surface area contributed by atoms with Crippen LogP contribution in [0.5, 0.6) is 0 Å². The van der Waals surface area contributed by atoms with Crippen molar-refractivity contribution < 1.29 is 24.5 Å². The maximum Gasteiger partial charge on any atom is 0.342 e. The van der Waals surface area contributed by atoms with Crippen LogP contribution in [-0.4, -0.2) is 23.8 Å². The fourth-order valence-electron chi connectivity index (χ4n) is 2.17. The molecule has 0 aliphatic rings. The zero-order valence-corrected chi connectivity index (χ0v) is 16.2. The number of rotatable bonds is 16. The average molecular weight is 369 g/mol. The van der Waals surface area contributed by atoms with E-state index in [1.165, 1.54) is 38.5 Å². The van der Waals surface area contributed by atoms with E-state index in [0.717, 1.165) is 32.1 Å². The summed E-state index contributed by atoms with van der Waals surface area (Å²) in [4.78, 5) is 32.6. The molecular formula is C21H36O5. The van der Waals surface area contributed by atoms with E-state index in [-0.39, 0.29) is 6.42 Å². The third-order valence-corrected chi connectivity index (χ3v) is 3.63. The minimum Gasteiger partial charge on any atom is -0.303 e. The molecule has 0 saturated heterocycles. The summed E-state index contributed by atoms with van der Waals surface area (Å²) in [5.41, 5.74) is 0. The van der Waals surface area contributed by atoms with Crippen molar-refractivity contribution in [1.29, 1.82) is 0 Å². The molecule has 5 nitrogen and oxygen atoms in total. The molecule has 0 aromatic carbocycles. The SMILES string of the molecule is CCCCC/C=C\C/C=C\CCCCCCCC(=O)OO.O=CCC=O. The van der Waals surface area contributed by atoms with Gasteiger partial charge in [0.25, 0.3) is 0 Å². The van der Waals surface area contributed by atoms with Gasteiger partial charge in [-0.05, 0) is 38.5 Å². The number of aldehydes is 2. The Morgan fingerprint density at radius 3 is 1.81 bits per heavy atom. The highest BCUT2D eigenvalue weighted by atomic mass is 17.1. The third kappa shape index (κ3) is 27.1. The quantitative estimate of drug-likeness (QED) is 0.0959. The minimum absolute atomic E-state index is 0.0278. The Morgan fingerprint density at radius 1 is 0.769 bits per heavy atom. The van der Waals surface area contributed by atoms with Crippen LogP contribution in [0.3, 0.4) is 0 Å². The summed E-state index contributed by atoms with van der Waals surface area (Å²) in [7, 11) is 0. The van der Waals surface area contributed by atoms with Gasteiger partial charge in [0.05, 0.1) is 6.42 Å². The first-order valence-corrected chi connectivity index (χ1v) is 9.74. The summed E-state index contributed by atoms with van der Waals surface area (Å²) in [6.45, 7) is 2.23. The van der Waals surface area contributed by atoms with Crippen LogP contribution < -0.4 is 0 Å². The fourth-order valence-corrected chi connectivity index (χ4v) is 2.17. The van der Waals surface area contributed by atoms with Gasteiger partial charge in [0, 0.05) is 6.42 Å². The van der Waals surface area contributed by atoms with Gasteiger partial charge in [-0.3, -0.25) is 0 Å². The molecule has 0 spiro atoms. The summed E-state index contributed by atoms with van der Waals surface area (Å²) in [6, 6.07) is 0. The number of carbonyl (C=O) groups is 3. The molecule has 0 aliphatic heterocycles. The summed E-state index contributed by atoms with van der Waals surface area (Å²) < 4.78 is 0. The van der Waals surface area contributed by atoms with E-state index in [2.05, 4.69) is 36.1 Å². The van der Waals surface area contributed by atoms with Gasteiger partial charge in [0.15, 0.2) is 0 Å². The monoisotopic (exact) mass is 368 g/mol. The summed E-state index contributed by atoms with van der Waals surface area (Å²) in [5.74, 6) is -0.527. The van der Waals surface area contributed by atoms with E-state index in [0.29, 0.717) is 19.0 Å². The van der Waals surface area contributed by atoms with Crippen LogP contribution in [-0.2, 0) is 19.3 Å². The lowest BCUT2D eigenvalue weighted by molar-refractivity contribution is -0.234. The molecule has 150 valence electrons. The molecule has 0 aromatic rings. The number of unbranched alkanes of at least 4 members (excludes halogenated alkanes) is 8. The molecule has 0 unspecified atom stereocenters. The Morgan fingerprint density at radius 2 is 1.31 bits per heavy atom. The molecule has 0 saturated carbocycles. The second kappa shape index (κ2) is 25.5. The molecule has 0 rings (SSSR count). The van der Waals surface area contributed by atoms with E-state index < -0.39 is 5.97 Å². The van der Waals surface area contributed by atoms with Crippen LogP contribution in [0.4, 0.5) is 0 Å². The van der Waals surface area contributed by atoms with Crippen LogP contribution in [0.1, 0.15) is 90.4 Å². The number of hydrogen-bond acceptors (Lipinski definition) is 5. The number of allylic oxidation sites excluding steroid dienone is 4. The topological polar surface area (TPSA) is 80.7 Å². The van der Waals surface area contributed by atoms with Crippen molar-refractivity contribution in [2.45, 2.75) is 90.4 Å². The standard InChI is InChI=1S/C18H32O3.C3H4O2/c1-2-3-4-5-6-7-8-9-10-11-12-13-14-15-16-17-18(19)21-20;4-2-1-3-5/h6-7,9-10,20H,2-5,8,11-17H2,1H3;2-3H,1H2/b7-6-,10-9-;. The third-order valence-electron chi connectivity index (χ3n) is 3.63. The van der Waals surface area contributed by atoms with Gasteiger partial charge in [-0.25, -0.2) is 4.79 Å². The Kier molecular flexibility index (Phi) is 26.0. The van der Waals surface area contributed by atoms with Crippen LogP contribution in [0.2, 0.25) is 0 Å². The zero-order chi connectivity index (χ0) is 19.7. The van der Waals surface area contributed by atoms with Gasteiger partial charge < -0.3 is 14.5 Å². The predicted molar refractivity (Wildman–Crippen MR) is 105 cm³/mol. The minimum atomic E-state index is -0.527. The second-order valence-electron chi connectivity index (χ2n) is 6.01. The Hall–Kier alpha value is -1.75. The van der Waals surface area contributed by atoms with Crippen molar-refractivity contribution in [1.82, 2.24) is 0 Å². The van der Waals surface area contributed by atoms with Crippen LogP contribution in [0, 0.1) is 0 Å². The number of carbonyl (C=O) groups excluding carboxylic acids is 3. The van der Waals surface area contributed by atoms with Gasteiger partial charge in [-0.2, -0.15) is 5.26 Å². The lowest BCUT2D eigenvalue weighted by Crippen LogP contribution is -1.99. The van der Waals surface area contributed by atoms with Gasteiger partial charge in [0.2, 0.25) is 0 Å². The molecule has 0 aliphatic carbocycles. The van der Waals surface area contributed by atoms with Gasteiger partial charge in [0.1, 0.15) is 12.6 Å². The zero-order valence-electron chi connectivity index (χ0n) is 16.2. The molecule has 0 atom stereocenters. The first-order chi connectivity index (χ1) is 12.7.